The third-order valence-electron chi connectivity index (χ3n) is 4.85. The zero-order valence-electron chi connectivity index (χ0n) is 21.2. The fourth-order valence-electron chi connectivity index (χ4n) is 2.92. The van der Waals surface area contributed by atoms with Crippen LogP contribution in [0, 0.1) is 0 Å². The summed E-state index contributed by atoms with van der Waals surface area (Å²) in [4.78, 5) is 28.0. The summed E-state index contributed by atoms with van der Waals surface area (Å²) in [7, 11) is 0. The van der Waals surface area contributed by atoms with Crippen molar-refractivity contribution in [1.82, 2.24) is 10.3 Å². The quantitative estimate of drug-likeness (QED) is 0.238. The molecule has 1 aromatic rings. The van der Waals surface area contributed by atoms with Gasteiger partial charge in [-0.15, -0.1) is 0 Å². The van der Waals surface area contributed by atoms with Crippen LogP contribution in [0.25, 0.3) is 0 Å². The molecule has 2 N–H and O–H groups in total. The van der Waals surface area contributed by atoms with Crippen LogP contribution in [0.3, 0.4) is 0 Å². The van der Waals surface area contributed by atoms with Crippen molar-refractivity contribution in [2.24, 2.45) is 0 Å². The molecule has 0 fully saturated rings. The van der Waals surface area contributed by atoms with Gasteiger partial charge in [0.2, 0.25) is 11.8 Å². The van der Waals surface area contributed by atoms with E-state index in [1.807, 2.05) is 6.08 Å². The first kappa shape index (κ1) is 29.6. The van der Waals surface area contributed by atoms with Crippen LogP contribution in [0.5, 0.6) is 0 Å². The number of anilines is 1. The summed E-state index contributed by atoms with van der Waals surface area (Å²) in [6, 6.07) is 2.81. The summed E-state index contributed by atoms with van der Waals surface area (Å²) in [6.45, 7) is 3.82. The van der Waals surface area contributed by atoms with Gasteiger partial charge in [0.1, 0.15) is 6.04 Å². The van der Waals surface area contributed by atoms with Gasteiger partial charge in [-0.25, -0.2) is 0 Å². The number of pyridine rings is 1. The molecule has 0 saturated carbocycles. The van der Waals surface area contributed by atoms with Gasteiger partial charge in [0.05, 0.1) is 0 Å². The number of carbonyl (C=O) groups excluding carboxylic acids is 2. The molecule has 0 saturated heterocycles. The molecular weight excluding hydrogens is 434 g/mol. The molecule has 2 amide bonds. The molecule has 0 aromatic carbocycles. The van der Waals surface area contributed by atoms with Gasteiger partial charge in [-0.1, -0.05) is 79.8 Å². The Balaban J connectivity index is 2.05. The molecule has 0 aliphatic heterocycles. The highest BCUT2D eigenvalue weighted by Gasteiger charge is 2.15. The van der Waals surface area contributed by atoms with Crippen LogP contribution in [-0.2, 0) is 9.59 Å². The summed E-state index contributed by atoms with van der Waals surface area (Å²) < 4.78 is 0. The molecule has 5 nitrogen and oxygen atoms in total. The van der Waals surface area contributed by atoms with Gasteiger partial charge < -0.3 is 10.6 Å². The minimum Gasteiger partial charge on any atom is -0.345 e. The van der Waals surface area contributed by atoms with E-state index in [4.69, 9.17) is 0 Å². The third-order valence-corrected chi connectivity index (χ3v) is 4.85. The maximum Gasteiger partial charge on any atom is 0.246 e. The molecule has 0 spiro atoms. The van der Waals surface area contributed by atoms with E-state index in [0.29, 0.717) is 18.5 Å². The first-order chi connectivity index (χ1) is 17.1. The maximum atomic E-state index is 12.1. The summed E-state index contributed by atoms with van der Waals surface area (Å²) in [5, 5.41) is 5.47. The highest BCUT2D eigenvalue weighted by Crippen LogP contribution is 2.04. The maximum absolute atomic E-state index is 12.1. The zero-order valence-corrected chi connectivity index (χ0v) is 21.2. The minimum absolute atomic E-state index is 0.137. The van der Waals surface area contributed by atoms with E-state index in [1.165, 1.54) is 0 Å². The van der Waals surface area contributed by atoms with Crippen LogP contribution < -0.4 is 10.6 Å². The van der Waals surface area contributed by atoms with Gasteiger partial charge in [0, 0.05) is 24.5 Å². The second-order valence-electron chi connectivity index (χ2n) is 7.97. The number of nitrogens with zero attached hydrogens (tertiary/aromatic N) is 1. The Labute approximate surface area is 211 Å². The average Bonchev–Trinajstić information content (AvgIpc) is 2.86. The molecular formula is C30H41N3O2. The predicted octanol–water partition coefficient (Wildman–Crippen LogP) is 7.00. The highest BCUT2D eigenvalue weighted by atomic mass is 16.2. The van der Waals surface area contributed by atoms with Crippen molar-refractivity contribution in [2.45, 2.75) is 71.3 Å². The normalized spacial score (nSPS) is 13.2. The number of aromatic nitrogens is 1. The Bertz CT molecular complexity index is 880. The number of amides is 2. The largest absolute Gasteiger partial charge is 0.345 e. The lowest BCUT2D eigenvalue weighted by Crippen LogP contribution is -2.41. The lowest BCUT2D eigenvalue weighted by Gasteiger charge is -2.13. The SMILES string of the molecule is CC/C=C\C/C=C\C/C=C\C/C=C\C/C=C\C/C=C\CCC(=O)N[C@@H](C)C(=O)Nc1ccncc1. The molecule has 0 unspecified atom stereocenters. The van der Waals surface area contributed by atoms with Crippen LogP contribution >= 0.6 is 0 Å². The third kappa shape index (κ3) is 17.6. The number of nitrogens with one attached hydrogen (secondary N) is 2. The van der Waals surface area contributed by atoms with Crippen molar-refractivity contribution in [3.8, 4) is 0 Å². The predicted molar refractivity (Wildman–Crippen MR) is 148 cm³/mol. The summed E-state index contributed by atoms with van der Waals surface area (Å²) in [5.74, 6) is -0.389. The smallest absolute Gasteiger partial charge is 0.246 e. The van der Waals surface area contributed by atoms with Gasteiger partial charge in [-0.3, -0.25) is 14.6 Å². The van der Waals surface area contributed by atoms with Crippen molar-refractivity contribution in [3.63, 3.8) is 0 Å². The molecule has 188 valence electrons. The molecule has 35 heavy (non-hydrogen) atoms. The Morgan fingerprint density at radius 3 is 1.71 bits per heavy atom. The first-order valence-corrected chi connectivity index (χ1v) is 12.5. The molecule has 1 atom stereocenters. The molecule has 1 heterocycles. The van der Waals surface area contributed by atoms with Crippen molar-refractivity contribution < 1.29 is 9.59 Å². The van der Waals surface area contributed by atoms with Crippen LogP contribution in [0.2, 0.25) is 0 Å². The fourth-order valence-corrected chi connectivity index (χ4v) is 2.92. The Morgan fingerprint density at radius 1 is 0.771 bits per heavy atom. The Hall–Kier alpha value is -3.47. The first-order valence-electron chi connectivity index (χ1n) is 12.5. The molecule has 1 rings (SSSR count). The van der Waals surface area contributed by atoms with E-state index in [9.17, 15) is 9.59 Å². The zero-order chi connectivity index (χ0) is 25.4. The van der Waals surface area contributed by atoms with E-state index in [0.717, 1.165) is 38.5 Å². The number of rotatable bonds is 17. The van der Waals surface area contributed by atoms with Crippen LogP contribution in [0.15, 0.2) is 97.4 Å². The molecule has 0 bridgehead atoms. The molecule has 0 radical (unpaired) electrons. The standard InChI is InChI=1S/C30H41N3O2/c1-3-4-5-6-7-8-9-10-11-12-13-14-15-16-17-18-19-20-21-22-29(34)32-27(2)30(35)33-28-23-25-31-26-24-28/h4-5,7-8,10-11,13-14,16-17,19-20,23-27H,3,6,9,12,15,18,21-22H2,1-2H3,(H,32,34)(H,31,33,35)/b5-4-,8-7-,11-10-,14-13-,17-16-,20-19-/t27-/m0/s1. The van der Waals surface area contributed by atoms with Gasteiger partial charge >= 0.3 is 0 Å². The van der Waals surface area contributed by atoms with Gasteiger partial charge in [-0.2, -0.15) is 0 Å². The average molecular weight is 476 g/mol. The van der Waals surface area contributed by atoms with E-state index in [1.54, 1.807) is 31.5 Å². The topological polar surface area (TPSA) is 71.1 Å². The van der Waals surface area contributed by atoms with E-state index < -0.39 is 6.04 Å². The summed E-state index contributed by atoms with van der Waals surface area (Å²) in [6.07, 6.45) is 35.9. The Morgan fingerprint density at radius 2 is 1.23 bits per heavy atom. The fraction of sp³-hybridized carbons (Fsp3) is 0.367. The Kier molecular flexibility index (Phi) is 17.8. The second kappa shape index (κ2) is 21.1. The van der Waals surface area contributed by atoms with Gasteiger partial charge in [-0.05, 0) is 64.0 Å². The number of hydrogen-bond donors (Lipinski definition) is 2. The molecule has 0 aliphatic rings. The summed E-state index contributed by atoms with van der Waals surface area (Å²) >= 11 is 0. The van der Waals surface area contributed by atoms with Crippen LogP contribution in [0.4, 0.5) is 5.69 Å². The van der Waals surface area contributed by atoms with E-state index in [2.05, 4.69) is 89.4 Å². The molecule has 5 heteroatoms. The number of carbonyl (C=O) groups is 2. The van der Waals surface area contributed by atoms with Crippen molar-refractivity contribution >= 4 is 17.5 Å². The number of hydrogen-bond acceptors (Lipinski definition) is 3. The van der Waals surface area contributed by atoms with Gasteiger partial charge in [0.15, 0.2) is 0 Å². The van der Waals surface area contributed by atoms with Crippen LogP contribution in [-0.4, -0.2) is 22.8 Å². The lowest BCUT2D eigenvalue weighted by atomic mass is 10.2. The minimum atomic E-state index is -0.596. The molecule has 1 aromatic heterocycles. The van der Waals surface area contributed by atoms with Gasteiger partial charge in [0.25, 0.3) is 0 Å². The molecule has 0 aliphatic carbocycles. The second-order valence-corrected chi connectivity index (χ2v) is 7.97. The van der Waals surface area contributed by atoms with Crippen molar-refractivity contribution in [2.75, 3.05) is 5.32 Å². The highest BCUT2D eigenvalue weighted by molar-refractivity contribution is 5.96. The number of allylic oxidation sites excluding steroid dienone is 12. The summed E-state index contributed by atoms with van der Waals surface area (Å²) in [5.41, 5.74) is 0.657. The van der Waals surface area contributed by atoms with Crippen molar-refractivity contribution in [1.29, 1.82) is 0 Å². The lowest BCUT2D eigenvalue weighted by molar-refractivity contribution is -0.126. The van der Waals surface area contributed by atoms with E-state index >= 15 is 0 Å². The van der Waals surface area contributed by atoms with Crippen molar-refractivity contribution in [3.05, 3.63) is 97.4 Å². The van der Waals surface area contributed by atoms with Crippen LogP contribution in [0.1, 0.15) is 65.2 Å². The monoisotopic (exact) mass is 475 g/mol. The van der Waals surface area contributed by atoms with E-state index in [-0.39, 0.29) is 11.8 Å².